The van der Waals surface area contributed by atoms with Crippen LogP contribution in [0.1, 0.15) is 0 Å². The molecule has 1 rings (SSSR count). The van der Waals surface area contributed by atoms with Crippen LogP contribution in [0.3, 0.4) is 0 Å². The summed E-state index contributed by atoms with van der Waals surface area (Å²) in [4.78, 5) is 3.25. The van der Waals surface area contributed by atoms with E-state index in [1.54, 1.807) is 0 Å². The van der Waals surface area contributed by atoms with Crippen LogP contribution in [0.4, 0.5) is 10.1 Å². The maximum atomic E-state index is 13.2. The summed E-state index contributed by atoms with van der Waals surface area (Å²) in [6.07, 6.45) is 0. The molecular weight excluding hydrogens is 175 g/mol. The van der Waals surface area contributed by atoms with Crippen LogP contribution in [-0.4, -0.2) is 13.1 Å². The first kappa shape index (κ1) is 9.31. The molecule has 0 fully saturated rings. The minimum Gasteiger partial charge on any atom is -0.846 e. The van der Waals surface area contributed by atoms with E-state index in [-0.39, 0.29) is 11.4 Å². The third kappa shape index (κ3) is 2.08. The van der Waals surface area contributed by atoms with Gasteiger partial charge in [0.25, 0.3) is 0 Å². The first-order valence-electron chi connectivity index (χ1n) is 3.49. The quantitative estimate of drug-likeness (QED) is 0.523. The van der Waals surface area contributed by atoms with E-state index < -0.39 is 11.8 Å². The minimum atomic E-state index is -0.938. The van der Waals surface area contributed by atoms with Crippen molar-refractivity contribution in [2.24, 2.45) is 10.7 Å². The fraction of sp³-hybridized carbons (Fsp3) is 0.125. The summed E-state index contributed by atoms with van der Waals surface area (Å²) in [6, 6.07) is 3.34. The van der Waals surface area contributed by atoms with Crippen LogP contribution in [0.25, 0.3) is 0 Å². The Kier molecular flexibility index (Phi) is 2.69. The van der Waals surface area contributed by atoms with Crippen molar-refractivity contribution in [3.05, 3.63) is 24.0 Å². The molecule has 2 N–H and O–H groups in total. The number of ether oxygens (including phenoxy) is 1. The molecule has 0 aliphatic carbocycles. The van der Waals surface area contributed by atoms with Crippen LogP contribution in [-0.2, 0) is 0 Å². The summed E-state index contributed by atoms with van der Waals surface area (Å²) in [5.74, 6) is -0.661. The standard InChI is InChI=1S/C8H9FN2O2/c1-13-6-4-2-3-5(7(6)9)11-8(10)12/h2-4H,1H3,(H3,10,11,12)/p-1. The molecule has 0 saturated carbocycles. The topological polar surface area (TPSA) is 70.7 Å². The molecule has 0 amide bonds. The van der Waals surface area contributed by atoms with Crippen LogP contribution in [0.2, 0.25) is 0 Å². The summed E-state index contributed by atoms with van der Waals surface area (Å²) in [5.41, 5.74) is 4.65. The lowest BCUT2D eigenvalue weighted by atomic mass is 10.3. The predicted molar refractivity (Wildman–Crippen MR) is 44.2 cm³/mol. The Balaban J connectivity index is 3.16. The number of hydrogen-bond acceptors (Lipinski definition) is 3. The third-order valence-electron chi connectivity index (χ3n) is 1.39. The van der Waals surface area contributed by atoms with Gasteiger partial charge in [-0.3, -0.25) is 0 Å². The minimum absolute atomic E-state index is 0.0301. The molecule has 0 radical (unpaired) electrons. The molecule has 1 aromatic carbocycles. The second-order valence-corrected chi connectivity index (χ2v) is 2.24. The van der Waals surface area contributed by atoms with Gasteiger partial charge in [0.05, 0.1) is 13.1 Å². The SMILES string of the molecule is COc1cccc(N=C(N)[O-])c1F. The highest BCUT2D eigenvalue weighted by Crippen LogP contribution is 2.25. The van der Waals surface area contributed by atoms with Crippen LogP contribution in [0.5, 0.6) is 5.75 Å². The van der Waals surface area contributed by atoms with E-state index in [9.17, 15) is 9.50 Å². The monoisotopic (exact) mass is 183 g/mol. The Bertz CT molecular complexity index is 335. The van der Waals surface area contributed by atoms with Gasteiger partial charge >= 0.3 is 0 Å². The summed E-state index contributed by atoms with van der Waals surface area (Å²) in [6.45, 7) is 0. The molecule has 0 atom stereocenters. The molecule has 70 valence electrons. The molecule has 5 heteroatoms. The number of halogens is 1. The van der Waals surface area contributed by atoms with Gasteiger partial charge in [-0.1, -0.05) is 6.07 Å². The first-order valence-corrected chi connectivity index (χ1v) is 3.49. The van der Waals surface area contributed by atoms with Crippen LogP contribution in [0, 0.1) is 5.82 Å². The Morgan fingerprint density at radius 1 is 1.62 bits per heavy atom. The Morgan fingerprint density at radius 3 is 2.85 bits per heavy atom. The fourth-order valence-electron chi connectivity index (χ4n) is 0.862. The lowest BCUT2D eigenvalue weighted by Crippen LogP contribution is -2.27. The summed E-state index contributed by atoms with van der Waals surface area (Å²) >= 11 is 0. The molecule has 0 aliphatic rings. The molecule has 0 aliphatic heterocycles. The van der Waals surface area contributed by atoms with E-state index >= 15 is 0 Å². The highest BCUT2D eigenvalue weighted by Gasteiger charge is 2.05. The Hall–Kier alpha value is -1.78. The lowest BCUT2D eigenvalue weighted by molar-refractivity contribution is -0.217. The number of rotatable bonds is 2. The smallest absolute Gasteiger partial charge is 0.190 e. The van der Waals surface area contributed by atoms with Gasteiger partial charge in [0, 0.05) is 0 Å². The van der Waals surface area contributed by atoms with Gasteiger partial charge in [-0.25, -0.2) is 9.38 Å². The average molecular weight is 183 g/mol. The Morgan fingerprint density at radius 2 is 2.31 bits per heavy atom. The molecule has 0 bridgehead atoms. The molecule has 13 heavy (non-hydrogen) atoms. The van der Waals surface area contributed by atoms with Crippen LogP contribution < -0.4 is 15.6 Å². The normalized spacial score (nSPS) is 11.4. The second-order valence-electron chi connectivity index (χ2n) is 2.24. The molecule has 4 nitrogen and oxygen atoms in total. The van der Waals surface area contributed by atoms with E-state index in [2.05, 4.69) is 9.73 Å². The molecule has 0 saturated heterocycles. The van der Waals surface area contributed by atoms with Crippen molar-refractivity contribution in [2.75, 3.05) is 7.11 Å². The summed E-state index contributed by atoms with van der Waals surface area (Å²) in [5, 5.41) is 10.4. The van der Waals surface area contributed by atoms with Crippen molar-refractivity contribution in [1.29, 1.82) is 0 Å². The summed E-state index contributed by atoms with van der Waals surface area (Å²) < 4.78 is 17.9. The van der Waals surface area contributed by atoms with Crippen molar-refractivity contribution in [2.45, 2.75) is 0 Å². The number of nitrogens with two attached hydrogens (primary N) is 1. The van der Waals surface area contributed by atoms with Gasteiger partial charge in [-0.05, 0) is 12.1 Å². The van der Waals surface area contributed by atoms with Crippen molar-refractivity contribution in [3.8, 4) is 5.75 Å². The molecule has 0 aromatic heterocycles. The summed E-state index contributed by atoms with van der Waals surface area (Å²) in [7, 11) is 1.33. The zero-order valence-corrected chi connectivity index (χ0v) is 6.95. The van der Waals surface area contributed by atoms with Crippen molar-refractivity contribution < 1.29 is 14.2 Å². The molecule has 0 heterocycles. The van der Waals surface area contributed by atoms with Gasteiger partial charge < -0.3 is 15.6 Å². The number of aliphatic imine (C=N–C) groups is 1. The maximum absolute atomic E-state index is 13.2. The van der Waals surface area contributed by atoms with Gasteiger partial charge in [0.2, 0.25) is 0 Å². The van der Waals surface area contributed by atoms with E-state index in [4.69, 9.17) is 5.73 Å². The number of amidine groups is 1. The second kappa shape index (κ2) is 3.75. The molecule has 0 spiro atoms. The highest BCUT2D eigenvalue weighted by molar-refractivity contribution is 5.71. The van der Waals surface area contributed by atoms with Crippen LogP contribution >= 0.6 is 0 Å². The highest BCUT2D eigenvalue weighted by atomic mass is 19.1. The van der Waals surface area contributed by atoms with Crippen molar-refractivity contribution in [3.63, 3.8) is 0 Å². The molecular formula is C8H8FN2O2-. The van der Waals surface area contributed by atoms with Crippen LogP contribution in [0.15, 0.2) is 23.2 Å². The maximum Gasteiger partial charge on any atom is 0.190 e. The van der Waals surface area contributed by atoms with Gasteiger partial charge in [0.15, 0.2) is 11.6 Å². The first-order chi connectivity index (χ1) is 6.15. The van der Waals surface area contributed by atoms with E-state index in [1.807, 2.05) is 0 Å². The predicted octanol–water partition coefficient (Wildman–Crippen LogP) is 0.141. The van der Waals surface area contributed by atoms with E-state index in [1.165, 1.54) is 25.3 Å². The van der Waals surface area contributed by atoms with Gasteiger partial charge in [-0.2, -0.15) is 0 Å². The van der Waals surface area contributed by atoms with Crippen molar-refractivity contribution in [1.82, 2.24) is 0 Å². The number of nitrogens with zero attached hydrogens (tertiary/aromatic N) is 1. The number of hydrogen-bond donors (Lipinski definition) is 1. The third-order valence-corrected chi connectivity index (χ3v) is 1.39. The lowest BCUT2D eigenvalue weighted by Gasteiger charge is -2.06. The van der Waals surface area contributed by atoms with Gasteiger partial charge in [0.1, 0.15) is 5.69 Å². The van der Waals surface area contributed by atoms with E-state index in [0.717, 1.165) is 0 Å². The van der Waals surface area contributed by atoms with E-state index in [0.29, 0.717) is 0 Å². The van der Waals surface area contributed by atoms with Crippen molar-refractivity contribution >= 4 is 11.7 Å². The number of methoxy groups -OCH3 is 1. The zero-order chi connectivity index (χ0) is 9.84. The number of benzene rings is 1. The van der Waals surface area contributed by atoms with Gasteiger partial charge in [-0.15, -0.1) is 0 Å². The fourth-order valence-corrected chi connectivity index (χ4v) is 0.862. The molecule has 0 unspecified atom stereocenters. The largest absolute Gasteiger partial charge is 0.846 e. The zero-order valence-electron chi connectivity index (χ0n) is 6.95. The average Bonchev–Trinajstić information content (AvgIpc) is 2.08. The Labute approximate surface area is 74.5 Å². The molecule has 1 aromatic rings.